The van der Waals surface area contributed by atoms with Crippen molar-refractivity contribution in [2.45, 2.75) is 18.9 Å². The summed E-state index contributed by atoms with van der Waals surface area (Å²) in [4.78, 5) is 29.7. The largest absolute Gasteiger partial charge is 0.366 e. The van der Waals surface area contributed by atoms with E-state index in [1.165, 1.54) is 30.6 Å². The average Bonchev–Trinajstić information content (AvgIpc) is 3.30. The molecule has 5 aromatic rings. The second kappa shape index (κ2) is 11.9. The normalized spacial score (nSPS) is 12.3. The first-order valence-electron chi connectivity index (χ1n) is 13.1. The van der Waals surface area contributed by atoms with Gasteiger partial charge in [0.05, 0.1) is 35.5 Å². The maximum absolute atomic E-state index is 14.2. The van der Waals surface area contributed by atoms with Crippen molar-refractivity contribution >= 4 is 32.7 Å². The third-order valence-electron chi connectivity index (χ3n) is 6.93. The van der Waals surface area contributed by atoms with Crippen LogP contribution in [0.2, 0.25) is 0 Å². The fourth-order valence-electron chi connectivity index (χ4n) is 5.07. The minimum absolute atomic E-state index is 0.145. The number of hydrogen-bond acceptors (Lipinski definition) is 5. The molecular weight excluding hydrogens is 600 g/mol. The van der Waals surface area contributed by atoms with Gasteiger partial charge in [-0.1, -0.05) is 12.1 Å². The maximum Gasteiger partial charge on any atom is 0.251 e. The van der Waals surface area contributed by atoms with Gasteiger partial charge in [0.2, 0.25) is 15.9 Å². The zero-order valence-electron chi connectivity index (χ0n) is 23.0. The van der Waals surface area contributed by atoms with Crippen molar-refractivity contribution in [3.05, 3.63) is 125 Å². The average molecular weight is 625 g/mol. The maximum atomic E-state index is 14.2. The number of nitrogens with one attached hydrogen (secondary N) is 1. The number of carbonyl (C=O) groups excluding carboxylic acids is 2. The lowest BCUT2D eigenvalue weighted by atomic mass is 9.94. The standard InChI is InChI=1S/C31H24F4N4O4S/c1-44(42,43)39-16-19(24-15-20(32)5-7-28(24)39)13-29(40)38-27(11-17-9-21(33)14-22(34)10-17)30-23(3-2-8-37-30)18-4-6-26(35)25(12-18)31(36)41/h2-10,12,14-16,27H,11,13H2,1H3,(H2,36,41)(H,38,40)/t27-/m0/s1. The van der Waals surface area contributed by atoms with Crippen LogP contribution in [-0.4, -0.2) is 35.4 Å². The molecule has 0 unspecified atom stereocenters. The van der Waals surface area contributed by atoms with Gasteiger partial charge in [-0.15, -0.1) is 0 Å². The topological polar surface area (TPSA) is 124 Å². The van der Waals surface area contributed by atoms with E-state index in [4.69, 9.17) is 5.73 Å². The number of amides is 2. The fourth-order valence-corrected chi connectivity index (χ4v) is 5.91. The zero-order valence-corrected chi connectivity index (χ0v) is 23.8. The molecule has 8 nitrogen and oxygen atoms in total. The summed E-state index contributed by atoms with van der Waals surface area (Å²) >= 11 is 0. The highest BCUT2D eigenvalue weighted by atomic mass is 32.2. The number of hydrogen-bond donors (Lipinski definition) is 2. The van der Waals surface area contributed by atoms with Gasteiger partial charge in [0.25, 0.3) is 5.91 Å². The molecule has 2 amide bonds. The smallest absolute Gasteiger partial charge is 0.251 e. The summed E-state index contributed by atoms with van der Waals surface area (Å²) in [6.45, 7) is 0. The van der Waals surface area contributed by atoms with Gasteiger partial charge in [-0.2, -0.15) is 0 Å². The summed E-state index contributed by atoms with van der Waals surface area (Å²) in [6, 6.07) is 12.2. The van der Waals surface area contributed by atoms with Crippen molar-refractivity contribution in [2.24, 2.45) is 5.73 Å². The predicted molar refractivity (Wildman–Crippen MR) is 155 cm³/mol. The fraction of sp³-hybridized carbons (Fsp3) is 0.129. The van der Waals surface area contributed by atoms with E-state index < -0.39 is 51.1 Å². The van der Waals surface area contributed by atoms with Gasteiger partial charge in [-0.3, -0.25) is 14.6 Å². The van der Waals surface area contributed by atoms with Gasteiger partial charge in [0, 0.05) is 29.4 Å². The van der Waals surface area contributed by atoms with Crippen LogP contribution < -0.4 is 11.1 Å². The van der Waals surface area contributed by atoms with Gasteiger partial charge in [0.15, 0.2) is 0 Å². The van der Waals surface area contributed by atoms with E-state index in [0.29, 0.717) is 17.2 Å². The molecule has 0 spiro atoms. The van der Waals surface area contributed by atoms with Crippen LogP contribution in [0.1, 0.15) is 33.2 Å². The van der Waals surface area contributed by atoms with Crippen molar-refractivity contribution in [1.82, 2.24) is 14.3 Å². The molecule has 0 bridgehead atoms. The summed E-state index contributed by atoms with van der Waals surface area (Å²) in [5, 5.41) is 3.00. The first-order chi connectivity index (χ1) is 20.8. The van der Waals surface area contributed by atoms with Crippen LogP contribution in [0.4, 0.5) is 17.6 Å². The second-order valence-corrected chi connectivity index (χ2v) is 12.0. The Bertz CT molecular complexity index is 2030. The van der Waals surface area contributed by atoms with Crippen molar-refractivity contribution in [2.75, 3.05) is 6.26 Å². The van der Waals surface area contributed by atoms with Crippen LogP contribution in [0.5, 0.6) is 0 Å². The van der Waals surface area contributed by atoms with Gasteiger partial charge in [-0.05, 0) is 71.6 Å². The molecule has 2 aromatic heterocycles. The van der Waals surface area contributed by atoms with Crippen LogP contribution in [0.3, 0.4) is 0 Å². The molecule has 226 valence electrons. The number of carbonyl (C=O) groups is 2. The Balaban J connectivity index is 1.56. The van der Waals surface area contributed by atoms with E-state index in [-0.39, 0.29) is 46.1 Å². The van der Waals surface area contributed by atoms with Crippen LogP contribution in [-0.2, 0) is 27.7 Å². The summed E-state index contributed by atoms with van der Waals surface area (Å²) in [5.74, 6) is -4.80. The summed E-state index contributed by atoms with van der Waals surface area (Å²) < 4.78 is 82.2. The molecule has 0 radical (unpaired) electrons. The molecule has 0 aliphatic rings. The summed E-state index contributed by atoms with van der Waals surface area (Å²) in [5.41, 5.74) is 6.43. The Morgan fingerprint density at radius 2 is 1.68 bits per heavy atom. The lowest BCUT2D eigenvalue weighted by molar-refractivity contribution is -0.121. The summed E-state index contributed by atoms with van der Waals surface area (Å²) in [7, 11) is -3.80. The number of primary amides is 1. The van der Waals surface area contributed by atoms with E-state index in [1.54, 1.807) is 12.1 Å². The molecule has 0 saturated carbocycles. The van der Waals surface area contributed by atoms with E-state index in [1.807, 2.05) is 0 Å². The minimum Gasteiger partial charge on any atom is -0.366 e. The van der Waals surface area contributed by atoms with E-state index in [2.05, 4.69) is 10.3 Å². The number of aromatic nitrogens is 2. The van der Waals surface area contributed by atoms with E-state index in [0.717, 1.165) is 40.6 Å². The van der Waals surface area contributed by atoms with E-state index >= 15 is 0 Å². The van der Waals surface area contributed by atoms with Crippen molar-refractivity contribution in [3.63, 3.8) is 0 Å². The molecule has 13 heteroatoms. The Morgan fingerprint density at radius 3 is 2.36 bits per heavy atom. The van der Waals surface area contributed by atoms with Gasteiger partial charge >= 0.3 is 0 Å². The molecule has 1 atom stereocenters. The quantitative estimate of drug-likeness (QED) is 0.228. The molecule has 0 aliphatic carbocycles. The number of benzene rings is 3. The second-order valence-electron chi connectivity index (χ2n) is 10.1. The van der Waals surface area contributed by atoms with Crippen LogP contribution in [0.15, 0.2) is 79.1 Å². The van der Waals surface area contributed by atoms with E-state index in [9.17, 15) is 35.6 Å². The third-order valence-corrected chi connectivity index (χ3v) is 7.95. The molecule has 0 aliphatic heterocycles. The number of nitrogens with zero attached hydrogens (tertiary/aromatic N) is 2. The number of fused-ring (bicyclic) bond motifs is 1. The van der Waals surface area contributed by atoms with Crippen LogP contribution in [0, 0.1) is 23.3 Å². The minimum atomic E-state index is -3.80. The summed E-state index contributed by atoms with van der Waals surface area (Å²) in [6.07, 6.45) is 3.09. The lowest BCUT2D eigenvalue weighted by Gasteiger charge is -2.22. The first-order valence-corrected chi connectivity index (χ1v) is 14.9. The van der Waals surface area contributed by atoms with Crippen LogP contribution >= 0.6 is 0 Å². The monoisotopic (exact) mass is 624 g/mol. The van der Waals surface area contributed by atoms with Crippen molar-refractivity contribution in [3.8, 4) is 11.1 Å². The molecule has 5 rings (SSSR count). The molecule has 2 heterocycles. The van der Waals surface area contributed by atoms with Crippen molar-refractivity contribution in [1.29, 1.82) is 0 Å². The Kier molecular flexibility index (Phi) is 8.24. The number of nitrogens with two attached hydrogens (primary N) is 1. The number of halogens is 4. The number of rotatable bonds is 9. The van der Waals surface area contributed by atoms with Gasteiger partial charge in [0.1, 0.15) is 23.3 Å². The molecular formula is C31H24F4N4O4S. The Labute approximate surface area is 249 Å². The third kappa shape index (κ3) is 6.47. The molecule has 0 fully saturated rings. The zero-order chi connectivity index (χ0) is 31.8. The SMILES string of the molecule is CS(=O)(=O)n1cc(CC(=O)N[C@@H](Cc2cc(F)cc(F)c2)c2ncccc2-c2ccc(F)c(C(N)=O)c2)c2cc(F)ccc21. The molecule has 44 heavy (non-hydrogen) atoms. The van der Waals surface area contributed by atoms with Gasteiger partial charge < -0.3 is 11.1 Å². The van der Waals surface area contributed by atoms with Crippen molar-refractivity contribution < 1.29 is 35.6 Å². The lowest BCUT2D eigenvalue weighted by Crippen LogP contribution is -2.32. The first kappa shape index (κ1) is 30.4. The highest BCUT2D eigenvalue weighted by Gasteiger charge is 2.24. The Morgan fingerprint density at radius 1 is 0.955 bits per heavy atom. The highest BCUT2D eigenvalue weighted by molar-refractivity contribution is 7.89. The number of pyridine rings is 1. The molecule has 0 saturated heterocycles. The van der Waals surface area contributed by atoms with Crippen LogP contribution in [0.25, 0.3) is 22.0 Å². The highest BCUT2D eigenvalue weighted by Crippen LogP contribution is 2.31. The molecule has 3 aromatic carbocycles. The Hall–Kier alpha value is -5.04. The molecule has 3 N–H and O–H groups in total. The predicted octanol–water partition coefficient (Wildman–Crippen LogP) is 4.81. The van der Waals surface area contributed by atoms with Gasteiger partial charge in [-0.25, -0.2) is 30.0 Å².